The van der Waals surface area contributed by atoms with Crippen molar-refractivity contribution in [2.75, 3.05) is 0 Å². The predicted octanol–water partition coefficient (Wildman–Crippen LogP) is 2.13. The van der Waals surface area contributed by atoms with Gasteiger partial charge in [0.25, 0.3) is 0 Å². The van der Waals surface area contributed by atoms with Gasteiger partial charge in [-0.1, -0.05) is 18.2 Å². The Morgan fingerprint density at radius 2 is 2.25 bits per heavy atom. The number of para-hydroxylation sites is 1. The van der Waals surface area contributed by atoms with Crippen molar-refractivity contribution >= 4 is 16.8 Å². The van der Waals surface area contributed by atoms with Crippen LogP contribution in [0.15, 0.2) is 30.5 Å². The third-order valence-corrected chi connectivity index (χ3v) is 4.79. The number of aryl methyl sites for hydroxylation is 3. The number of hydrogen-bond donors (Lipinski definition) is 2. The fraction of sp³-hybridized carbons (Fsp3) is 0.389. The summed E-state index contributed by atoms with van der Waals surface area (Å²) >= 11 is 0. The van der Waals surface area contributed by atoms with Gasteiger partial charge < -0.3 is 14.9 Å². The summed E-state index contributed by atoms with van der Waals surface area (Å²) in [5.41, 5.74) is 2.32. The number of aromatic nitrogens is 4. The molecule has 124 valence electrons. The number of rotatable bonds is 4. The summed E-state index contributed by atoms with van der Waals surface area (Å²) in [5.74, 6) is 2.05. The smallest absolute Gasteiger partial charge is 0.220 e. The number of nitrogens with zero attached hydrogens (tertiary/aromatic N) is 3. The molecule has 1 aliphatic heterocycles. The quantitative estimate of drug-likeness (QED) is 0.772. The van der Waals surface area contributed by atoms with E-state index in [0.29, 0.717) is 6.42 Å². The molecule has 1 atom stereocenters. The molecule has 1 aliphatic rings. The predicted molar refractivity (Wildman–Crippen MR) is 91.6 cm³/mol. The maximum atomic E-state index is 12.3. The van der Waals surface area contributed by atoms with Crippen molar-refractivity contribution < 1.29 is 4.79 Å². The van der Waals surface area contributed by atoms with Crippen molar-refractivity contribution in [1.82, 2.24) is 25.1 Å². The van der Waals surface area contributed by atoms with Crippen LogP contribution in [0.5, 0.6) is 0 Å². The van der Waals surface area contributed by atoms with Crippen LogP contribution in [0.3, 0.4) is 0 Å². The Labute approximate surface area is 140 Å². The molecule has 0 saturated heterocycles. The van der Waals surface area contributed by atoms with Gasteiger partial charge in [0, 0.05) is 42.5 Å². The van der Waals surface area contributed by atoms with E-state index in [1.54, 1.807) is 0 Å². The Morgan fingerprint density at radius 1 is 1.38 bits per heavy atom. The van der Waals surface area contributed by atoms with Gasteiger partial charge in [0.05, 0.1) is 0 Å². The van der Waals surface area contributed by atoms with Crippen molar-refractivity contribution in [2.45, 2.75) is 45.2 Å². The second-order valence-electron chi connectivity index (χ2n) is 6.44. The van der Waals surface area contributed by atoms with E-state index >= 15 is 0 Å². The van der Waals surface area contributed by atoms with Crippen LogP contribution in [0.2, 0.25) is 0 Å². The van der Waals surface area contributed by atoms with Crippen molar-refractivity contribution in [3.8, 4) is 0 Å². The van der Waals surface area contributed by atoms with Gasteiger partial charge in [0.1, 0.15) is 11.6 Å². The van der Waals surface area contributed by atoms with Crippen LogP contribution >= 0.6 is 0 Å². The minimum Gasteiger partial charge on any atom is -0.361 e. The molecular weight excluding hydrogens is 302 g/mol. The van der Waals surface area contributed by atoms with Crippen molar-refractivity contribution in [3.05, 3.63) is 47.7 Å². The molecule has 0 fully saturated rings. The molecule has 2 aromatic heterocycles. The largest absolute Gasteiger partial charge is 0.361 e. The molecule has 0 aliphatic carbocycles. The highest BCUT2D eigenvalue weighted by molar-refractivity contribution is 5.84. The number of H-pyrrole nitrogens is 1. The highest BCUT2D eigenvalue weighted by atomic mass is 16.1. The molecule has 0 saturated carbocycles. The Morgan fingerprint density at radius 3 is 3.17 bits per heavy atom. The number of fused-ring (bicyclic) bond motifs is 2. The summed E-state index contributed by atoms with van der Waals surface area (Å²) in [4.78, 5) is 15.6. The van der Waals surface area contributed by atoms with Crippen LogP contribution < -0.4 is 5.32 Å². The Hall–Kier alpha value is -2.63. The normalized spacial score (nSPS) is 17.0. The van der Waals surface area contributed by atoms with Gasteiger partial charge in [0.15, 0.2) is 0 Å². The van der Waals surface area contributed by atoms with E-state index in [-0.39, 0.29) is 11.9 Å². The van der Waals surface area contributed by atoms with Crippen molar-refractivity contribution in [2.24, 2.45) is 0 Å². The fourth-order valence-corrected chi connectivity index (χ4v) is 3.47. The maximum absolute atomic E-state index is 12.3. The third kappa shape index (κ3) is 2.79. The van der Waals surface area contributed by atoms with Crippen LogP contribution in [0.4, 0.5) is 0 Å². The second-order valence-corrected chi connectivity index (χ2v) is 6.44. The van der Waals surface area contributed by atoms with Gasteiger partial charge >= 0.3 is 0 Å². The van der Waals surface area contributed by atoms with Gasteiger partial charge in [-0.3, -0.25) is 4.79 Å². The van der Waals surface area contributed by atoms with Crippen LogP contribution in [-0.4, -0.2) is 31.7 Å². The molecule has 0 bridgehead atoms. The lowest BCUT2D eigenvalue weighted by molar-refractivity contribution is -0.122. The summed E-state index contributed by atoms with van der Waals surface area (Å²) < 4.78 is 2.11. The molecule has 4 rings (SSSR count). The van der Waals surface area contributed by atoms with E-state index < -0.39 is 0 Å². The maximum Gasteiger partial charge on any atom is 0.220 e. The van der Waals surface area contributed by atoms with Gasteiger partial charge in [-0.05, 0) is 31.4 Å². The average molecular weight is 323 g/mol. The zero-order valence-corrected chi connectivity index (χ0v) is 13.7. The lowest BCUT2D eigenvalue weighted by Crippen LogP contribution is -2.41. The first kappa shape index (κ1) is 14.9. The first-order valence-electron chi connectivity index (χ1n) is 8.44. The highest BCUT2D eigenvalue weighted by Crippen LogP contribution is 2.19. The van der Waals surface area contributed by atoms with E-state index in [0.717, 1.165) is 43.0 Å². The zero-order valence-electron chi connectivity index (χ0n) is 13.7. The van der Waals surface area contributed by atoms with Crippen molar-refractivity contribution in [1.29, 1.82) is 0 Å². The van der Waals surface area contributed by atoms with E-state index in [2.05, 4.69) is 37.2 Å². The lowest BCUT2D eigenvalue weighted by Gasteiger charge is -2.24. The first-order chi connectivity index (χ1) is 11.7. The number of amides is 1. The number of benzene rings is 1. The molecule has 3 aromatic rings. The highest BCUT2D eigenvalue weighted by Gasteiger charge is 2.22. The topological polar surface area (TPSA) is 75.6 Å². The zero-order chi connectivity index (χ0) is 16.5. The molecule has 1 aromatic carbocycles. The number of nitrogens with one attached hydrogen (secondary N) is 2. The molecule has 0 spiro atoms. The number of aromatic amines is 1. The minimum atomic E-state index is 0.111. The summed E-state index contributed by atoms with van der Waals surface area (Å²) in [7, 11) is 0. The van der Waals surface area contributed by atoms with Gasteiger partial charge in [0.2, 0.25) is 5.91 Å². The number of hydrogen-bond acceptors (Lipinski definition) is 3. The summed E-state index contributed by atoms with van der Waals surface area (Å²) in [5, 5.41) is 12.6. The average Bonchev–Trinajstić information content (AvgIpc) is 3.17. The fourth-order valence-electron chi connectivity index (χ4n) is 3.47. The van der Waals surface area contributed by atoms with E-state index in [4.69, 9.17) is 0 Å². The molecule has 0 unspecified atom stereocenters. The van der Waals surface area contributed by atoms with Gasteiger partial charge in [-0.25, -0.2) is 0 Å². The summed E-state index contributed by atoms with van der Waals surface area (Å²) in [6.45, 7) is 2.73. The monoisotopic (exact) mass is 323 g/mol. The minimum absolute atomic E-state index is 0.111. The molecule has 6 heteroatoms. The Bertz CT molecular complexity index is 879. The number of carbonyl (C=O) groups excluding carboxylic acids is 1. The number of carbonyl (C=O) groups is 1. The van der Waals surface area contributed by atoms with Crippen molar-refractivity contribution in [3.63, 3.8) is 0 Å². The van der Waals surface area contributed by atoms with Gasteiger partial charge in [-0.15, -0.1) is 10.2 Å². The third-order valence-electron chi connectivity index (χ3n) is 4.79. The van der Waals surface area contributed by atoms with Crippen LogP contribution in [0, 0.1) is 6.92 Å². The van der Waals surface area contributed by atoms with E-state index in [9.17, 15) is 4.79 Å². The van der Waals surface area contributed by atoms with Crippen LogP contribution in [0.25, 0.3) is 10.9 Å². The summed E-state index contributed by atoms with van der Waals surface area (Å²) in [6, 6.07) is 8.36. The molecule has 24 heavy (non-hydrogen) atoms. The SMILES string of the molecule is Cc1nnc2n1C[C@H](NC(=O)CCc1c[nH]c3ccccc13)CC2. The van der Waals surface area contributed by atoms with E-state index in [1.165, 1.54) is 10.9 Å². The van der Waals surface area contributed by atoms with E-state index in [1.807, 2.05) is 25.3 Å². The molecular formula is C18H21N5O. The molecule has 3 heterocycles. The Kier molecular flexibility index (Phi) is 3.80. The standard InChI is InChI=1S/C18H21N5O/c1-12-21-22-17-8-7-14(11-23(12)17)20-18(24)9-6-13-10-19-16-5-3-2-4-15(13)16/h2-5,10,14,19H,6-9,11H2,1H3,(H,20,24)/t14-/m1/s1. The molecule has 0 radical (unpaired) electrons. The van der Waals surface area contributed by atoms with Gasteiger partial charge in [-0.2, -0.15) is 0 Å². The van der Waals surface area contributed by atoms with Crippen LogP contribution in [0.1, 0.15) is 30.1 Å². The molecule has 6 nitrogen and oxygen atoms in total. The molecule has 2 N–H and O–H groups in total. The first-order valence-corrected chi connectivity index (χ1v) is 8.44. The second kappa shape index (κ2) is 6.11. The lowest BCUT2D eigenvalue weighted by atomic mass is 10.1. The van der Waals surface area contributed by atoms with Crippen LogP contribution in [-0.2, 0) is 24.2 Å². The summed E-state index contributed by atoms with van der Waals surface area (Å²) in [6.07, 6.45) is 5.06. The Balaban J connectivity index is 1.35. The molecule has 1 amide bonds.